The number of carbonyl (C=O) groups excluding carboxylic acids is 1. The molecule has 1 aromatic carbocycles. The Labute approximate surface area is 130 Å². The summed E-state index contributed by atoms with van der Waals surface area (Å²) >= 11 is 1.94. The maximum atomic E-state index is 12.5. The van der Waals surface area contributed by atoms with Crippen molar-refractivity contribution in [1.29, 1.82) is 0 Å². The van der Waals surface area contributed by atoms with Gasteiger partial charge in [0.1, 0.15) is 0 Å². The zero-order valence-electron chi connectivity index (χ0n) is 12.5. The Bertz CT molecular complexity index is 485. The summed E-state index contributed by atoms with van der Waals surface area (Å²) in [5, 5.41) is 6.89. The molecular weight excluding hydrogens is 282 g/mol. The van der Waals surface area contributed by atoms with E-state index in [1.165, 1.54) is 5.56 Å². The highest BCUT2D eigenvalue weighted by molar-refractivity contribution is 7.99. The Morgan fingerprint density at radius 3 is 2.71 bits per heavy atom. The third-order valence-corrected chi connectivity index (χ3v) is 5.12. The Kier molecular flexibility index (Phi) is 4.70. The van der Waals surface area contributed by atoms with Gasteiger partial charge in [-0.1, -0.05) is 17.7 Å². The predicted octanol–water partition coefficient (Wildman–Crippen LogP) is 1.71. The second-order valence-electron chi connectivity index (χ2n) is 5.84. The number of thioether (sulfide) groups is 1. The Hall–Kier alpha value is -1.20. The lowest BCUT2D eigenvalue weighted by Crippen LogP contribution is -2.46. The van der Waals surface area contributed by atoms with Gasteiger partial charge in [-0.25, -0.2) is 0 Å². The van der Waals surface area contributed by atoms with Gasteiger partial charge in [0, 0.05) is 42.9 Å². The number of anilines is 1. The molecule has 2 heterocycles. The highest BCUT2D eigenvalue weighted by atomic mass is 32.2. The molecule has 0 unspecified atom stereocenters. The lowest BCUT2D eigenvalue weighted by atomic mass is 10.1. The maximum Gasteiger partial charge on any atom is 0.239 e. The molecule has 3 rings (SSSR count). The highest BCUT2D eigenvalue weighted by Crippen LogP contribution is 2.18. The summed E-state index contributed by atoms with van der Waals surface area (Å²) < 4.78 is 0. The summed E-state index contributed by atoms with van der Waals surface area (Å²) in [7, 11) is 0. The van der Waals surface area contributed by atoms with Crippen molar-refractivity contribution in [3.8, 4) is 0 Å². The summed E-state index contributed by atoms with van der Waals surface area (Å²) in [5.74, 6) is 2.43. The summed E-state index contributed by atoms with van der Waals surface area (Å²) in [4.78, 5) is 14.5. The molecule has 1 aromatic rings. The lowest BCUT2D eigenvalue weighted by molar-refractivity contribution is -0.132. The molecule has 1 amide bonds. The average molecular weight is 305 g/mol. The fraction of sp³-hybridized carbons (Fsp3) is 0.562. The molecule has 0 radical (unpaired) electrons. The first kappa shape index (κ1) is 14.7. The van der Waals surface area contributed by atoms with Gasteiger partial charge in [0.2, 0.25) is 5.91 Å². The number of hydrogen-bond donors (Lipinski definition) is 2. The van der Waals surface area contributed by atoms with Crippen LogP contribution in [0.1, 0.15) is 12.0 Å². The van der Waals surface area contributed by atoms with E-state index < -0.39 is 0 Å². The van der Waals surface area contributed by atoms with Crippen molar-refractivity contribution in [3.63, 3.8) is 0 Å². The molecule has 5 heteroatoms. The van der Waals surface area contributed by atoms with Crippen molar-refractivity contribution in [2.75, 3.05) is 36.5 Å². The standard InChI is InChI=1S/C16H23N3OS/c1-12-2-4-13(5-3-12)18-14-10-15(17-11-14)16(20)19-6-8-21-9-7-19/h2-5,14-15,17-18H,6-11H2,1H3/t14-,15-/m0/s1. The number of nitrogens with zero attached hydrogens (tertiary/aromatic N) is 1. The van der Waals surface area contributed by atoms with Crippen LogP contribution in [0.3, 0.4) is 0 Å². The van der Waals surface area contributed by atoms with Crippen LogP contribution >= 0.6 is 11.8 Å². The van der Waals surface area contributed by atoms with E-state index in [0.717, 1.165) is 43.2 Å². The Balaban J connectivity index is 1.52. The summed E-state index contributed by atoms with van der Waals surface area (Å²) in [5.41, 5.74) is 2.40. The third kappa shape index (κ3) is 3.71. The first-order valence-corrected chi connectivity index (χ1v) is 8.81. The molecule has 2 N–H and O–H groups in total. The van der Waals surface area contributed by atoms with Gasteiger partial charge in [-0.3, -0.25) is 4.79 Å². The second-order valence-corrected chi connectivity index (χ2v) is 7.07. The van der Waals surface area contributed by atoms with Gasteiger partial charge in [0.25, 0.3) is 0 Å². The van der Waals surface area contributed by atoms with E-state index in [2.05, 4.69) is 41.8 Å². The van der Waals surface area contributed by atoms with Crippen molar-refractivity contribution in [2.45, 2.75) is 25.4 Å². The molecule has 0 saturated carbocycles. The van der Waals surface area contributed by atoms with Crippen molar-refractivity contribution < 1.29 is 4.79 Å². The molecule has 2 saturated heterocycles. The van der Waals surface area contributed by atoms with Crippen LogP contribution in [0, 0.1) is 6.92 Å². The van der Waals surface area contributed by atoms with Crippen LogP contribution < -0.4 is 10.6 Å². The normalized spacial score (nSPS) is 25.9. The van der Waals surface area contributed by atoms with E-state index in [-0.39, 0.29) is 11.9 Å². The highest BCUT2D eigenvalue weighted by Gasteiger charge is 2.32. The van der Waals surface area contributed by atoms with Gasteiger partial charge in [-0.2, -0.15) is 11.8 Å². The van der Waals surface area contributed by atoms with Gasteiger partial charge in [-0.05, 0) is 25.5 Å². The molecular formula is C16H23N3OS. The minimum absolute atomic E-state index is 0.0175. The van der Waals surface area contributed by atoms with E-state index >= 15 is 0 Å². The minimum Gasteiger partial charge on any atom is -0.381 e. The smallest absolute Gasteiger partial charge is 0.239 e. The van der Waals surface area contributed by atoms with Crippen LogP contribution in [0.5, 0.6) is 0 Å². The zero-order valence-corrected chi connectivity index (χ0v) is 13.3. The molecule has 2 aliphatic heterocycles. The van der Waals surface area contributed by atoms with Gasteiger partial charge in [0.15, 0.2) is 0 Å². The number of benzene rings is 1. The minimum atomic E-state index is -0.0175. The fourth-order valence-corrected chi connectivity index (χ4v) is 3.83. The molecule has 2 atom stereocenters. The molecule has 2 fully saturated rings. The van der Waals surface area contributed by atoms with Crippen molar-refractivity contribution in [3.05, 3.63) is 29.8 Å². The average Bonchev–Trinajstić information content (AvgIpc) is 2.98. The predicted molar refractivity (Wildman–Crippen MR) is 88.9 cm³/mol. The van der Waals surface area contributed by atoms with Crippen LogP contribution in [-0.2, 0) is 4.79 Å². The molecule has 0 spiro atoms. The van der Waals surface area contributed by atoms with Crippen LogP contribution in [0.15, 0.2) is 24.3 Å². The topological polar surface area (TPSA) is 44.4 Å². The zero-order chi connectivity index (χ0) is 14.7. The Morgan fingerprint density at radius 1 is 1.29 bits per heavy atom. The number of carbonyl (C=O) groups is 1. The SMILES string of the molecule is Cc1ccc(N[C@@H]2CN[C@H](C(=O)N3CCSCC3)C2)cc1. The lowest BCUT2D eigenvalue weighted by Gasteiger charge is -2.28. The molecule has 21 heavy (non-hydrogen) atoms. The number of nitrogens with one attached hydrogen (secondary N) is 2. The van der Waals surface area contributed by atoms with Gasteiger partial charge >= 0.3 is 0 Å². The van der Waals surface area contributed by atoms with E-state index in [4.69, 9.17) is 0 Å². The largest absolute Gasteiger partial charge is 0.381 e. The number of aryl methyl sites for hydroxylation is 1. The van der Waals surface area contributed by atoms with Crippen molar-refractivity contribution >= 4 is 23.4 Å². The summed E-state index contributed by atoms with van der Waals surface area (Å²) in [6.45, 7) is 4.74. The van der Waals surface area contributed by atoms with E-state index in [0.29, 0.717) is 6.04 Å². The first-order chi connectivity index (χ1) is 10.2. The Morgan fingerprint density at radius 2 is 2.00 bits per heavy atom. The van der Waals surface area contributed by atoms with Crippen molar-refractivity contribution in [2.24, 2.45) is 0 Å². The van der Waals surface area contributed by atoms with Gasteiger partial charge < -0.3 is 15.5 Å². The molecule has 0 aromatic heterocycles. The van der Waals surface area contributed by atoms with Gasteiger partial charge in [0.05, 0.1) is 6.04 Å². The first-order valence-electron chi connectivity index (χ1n) is 7.65. The fourth-order valence-electron chi connectivity index (χ4n) is 2.92. The summed E-state index contributed by atoms with van der Waals surface area (Å²) in [6.07, 6.45) is 0.871. The van der Waals surface area contributed by atoms with E-state index in [1.54, 1.807) is 0 Å². The van der Waals surface area contributed by atoms with Crippen molar-refractivity contribution in [1.82, 2.24) is 10.2 Å². The van der Waals surface area contributed by atoms with E-state index in [9.17, 15) is 4.79 Å². The number of hydrogen-bond acceptors (Lipinski definition) is 4. The quantitative estimate of drug-likeness (QED) is 0.892. The van der Waals surface area contributed by atoms with Gasteiger partial charge in [-0.15, -0.1) is 0 Å². The molecule has 4 nitrogen and oxygen atoms in total. The second kappa shape index (κ2) is 6.71. The van der Waals surface area contributed by atoms with Crippen LogP contribution in [0.2, 0.25) is 0 Å². The molecule has 0 aliphatic carbocycles. The van der Waals surface area contributed by atoms with E-state index in [1.807, 2.05) is 16.7 Å². The monoisotopic (exact) mass is 305 g/mol. The van der Waals surface area contributed by atoms with Crippen LogP contribution in [-0.4, -0.2) is 54.0 Å². The van der Waals surface area contributed by atoms with Crippen LogP contribution in [0.25, 0.3) is 0 Å². The summed E-state index contributed by atoms with van der Waals surface area (Å²) in [6, 6.07) is 8.74. The molecule has 2 aliphatic rings. The number of rotatable bonds is 3. The maximum absolute atomic E-state index is 12.5. The van der Waals surface area contributed by atoms with Crippen LogP contribution in [0.4, 0.5) is 5.69 Å². The molecule has 0 bridgehead atoms. The third-order valence-electron chi connectivity index (χ3n) is 4.17. The number of amides is 1. The molecule has 114 valence electrons.